The van der Waals surface area contributed by atoms with Crippen molar-refractivity contribution in [3.05, 3.63) is 57.7 Å². The van der Waals surface area contributed by atoms with Crippen molar-refractivity contribution in [2.24, 2.45) is 0 Å². The van der Waals surface area contributed by atoms with E-state index in [4.69, 9.17) is 4.42 Å². The zero-order valence-corrected chi connectivity index (χ0v) is 10.8. The van der Waals surface area contributed by atoms with E-state index >= 15 is 0 Å². The van der Waals surface area contributed by atoms with E-state index in [9.17, 15) is 9.18 Å². The lowest BCUT2D eigenvalue weighted by Crippen LogP contribution is -2.05. The SMILES string of the molecule is Cc1occc1C(=O)Cc1cc(Br)ccc1F. The molecule has 0 spiro atoms. The second-order valence-electron chi connectivity index (χ2n) is 3.73. The van der Waals surface area contributed by atoms with E-state index in [-0.39, 0.29) is 18.0 Å². The molecule has 0 saturated heterocycles. The van der Waals surface area contributed by atoms with Crippen molar-refractivity contribution in [1.29, 1.82) is 0 Å². The maximum absolute atomic E-state index is 13.5. The zero-order valence-electron chi connectivity index (χ0n) is 9.17. The van der Waals surface area contributed by atoms with E-state index in [1.54, 1.807) is 25.1 Å². The van der Waals surface area contributed by atoms with Gasteiger partial charge < -0.3 is 4.42 Å². The number of hydrogen-bond donors (Lipinski definition) is 0. The van der Waals surface area contributed by atoms with E-state index in [2.05, 4.69) is 15.9 Å². The van der Waals surface area contributed by atoms with Crippen LogP contribution in [0, 0.1) is 12.7 Å². The van der Waals surface area contributed by atoms with Crippen LogP contribution in [0.2, 0.25) is 0 Å². The lowest BCUT2D eigenvalue weighted by Gasteiger charge is -2.03. The highest BCUT2D eigenvalue weighted by Gasteiger charge is 2.14. The first-order chi connectivity index (χ1) is 8.08. The van der Waals surface area contributed by atoms with Gasteiger partial charge in [0.1, 0.15) is 11.6 Å². The smallest absolute Gasteiger partial charge is 0.170 e. The molecule has 0 atom stereocenters. The fourth-order valence-electron chi connectivity index (χ4n) is 1.62. The minimum Gasteiger partial charge on any atom is -0.469 e. The van der Waals surface area contributed by atoms with Gasteiger partial charge in [-0.1, -0.05) is 15.9 Å². The summed E-state index contributed by atoms with van der Waals surface area (Å²) in [6.07, 6.45) is 1.49. The average Bonchev–Trinajstić information content (AvgIpc) is 2.70. The van der Waals surface area contributed by atoms with E-state index in [1.807, 2.05) is 0 Å². The van der Waals surface area contributed by atoms with Crippen LogP contribution in [0.1, 0.15) is 21.7 Å². The molecule has 0 aliphatic rings. The molecule has 1 aromatic carbocycles. The Labute approximate surface area is 107 Å². The van der Waals surface area contributed by atoms with Crippen LogP contribution in [0.4, 0.5) is 4.39 Å². The molecule has 2 nitrogen and oxygen atoms in total. The number of furan rings is 1. The topological polar surface area (TPSA) is 30.2 Å². The van der Waals surface area contributed by atoms with Crippen LogP contribution in [0.15, 0.2) is 39.4 Å². The fraction of sp³-hybridized carbons (Fsp3) is 0.154. The Morgan fingerprint density at radius 1 is 1.41 bits per heavy atom. The molecule has 0 radical (unpaired) electrons. The minimum atomic E-state index is -0.373. The van der Waals surface area contributed by atoms with Crippen LogP contribution in [0.3, 0.4) is 0 Å². The summed E-state index contributed by atoms with van der Waals surface area (Å²) in [7, 11) is 0. The molecule has 17 heavy (non-hydrogen) atoms. The zero-order chi connectivity index (χ0) is 12.4. The largest absolute Gasteiger partial charge is 0.469 e. The molecular weight excluding hydrogens is 287 g/mol. The van der Waals surface area contributed by atoms with E-state index in [0.29, 0.717) is 16.9 Å². The number of carbonyl (C=O) groups is 1. The number of carbonyl (C=O) groups excluding carboxylic acids is 1. The van der Waals surface area contributed by atoms with Crippen LogP contribution in [0.5, 0.6) is 0 Å². The molecule has 2 aromatic rings. The summed E-state index contributed by atoms with van der Waals surface area (Å²) in [6.45, 7) is 1.71. The molecule has 0 aliphatic carbocycles. The summed E-state index contributed by atoms with van der Waals surface area (Å²) in [5.41, 5.74) is 0.884. The van der Waals surface area contributed by atoms with Gasteiger partial charge in [0.15, 0.2) is 5.78 Å². The molecular formula is C13H10BrFO2. The lowest BCUT2D eigenvalue weighted by atomic mass is 10.0. The number of hydrogen-bond acceptors (Lipinski definition) is 2. The normalized spacial score (nSPS) is 10.5. The number of benzene rings is 1. The third-order valence-corrected chi connectivity index (χ3v) is 3.01. The number of Topliss-reactive ketones (excluding diaryl/α,β-unsaturated/α-hetero) is 1. The number of aryl methyl sites for hydroxylation is 1. The van der Waals surface area contributed by atoms with Gasteiger partial charge >= 0.3 is 0 Å². The van der Waals surface area contributed by atoms with Crippen molar-refractivity contribution >= 4 is 21.7 Å². The highest BCUT2D eigenvalue weighted by molar-refractivity contribution is 9.10. The fourth-order valence-corrected chi connectivity index (χ4v) is 2.03. The maximum atomic E-state index is 13.5. The molecule has 0 aliphatic heterocycles. The van der Waals surface area contributed by atoms with Crippen LogP contribution in [-0.2, 0) is 6.42 Å². The monoisotopic (exact) mass is 296 g/mol. The Bertz CT molecular complexity index is 560. The molecule has 0 saturated carbocycles. The van der Waals surface area contributed by atoms with Crippen LogP contribution >= 0.6 is 15.9 Å². The Morgan fingerprint density at radius 2 is 2.18 bits per heavy atom. The quantitative estimate of drug-likeness (QED) is 0.804. The van der Waals surface area contributed by atoms with Crippen molar-refractivity contribution in [2.45, 2.75) is 13.3 Å². The average molecular weight is 297 g/mol. The molecule has 0 unspecified atom stereocenters. The van der Waals surface area contributed by atoms with Crippen LogP contribution in [-0.4, -0.2) is 5.78 Å². The van der Waals surface area contributed by atoms with E-state index < -0.39 is 0 Å². The third kappa shape index (κ3) is 2.64. The second-order valence-corrected chi connectivity index (χ2v) is 4.64. The van der Waals surface area contributed by atoms with Crippen LogP contribution in [0.25, 0.3) is 0 Å². The Kier molecular flexibility index (Phi) is 3.43. The number of halogens is 2. The first-order valence-electron chi connectivity index (χ1n) is 5.09. The Morgan fingerprint density at radius 3 is 2.82 bits per heavy atom. The highest BCUT2D eigenvalue weighted by atomic mass is 79.9. The van der Waals surface area contributed by atoms with E-state index in [0.717, 1.165) is 4.47 Å². The number of rotatable bonds is 3. The molecule has 4 heteroatoms. The van der Waals surface area contributed by atoms with Crippen molar-refractivity contribution in [2.75, 3.05) is 0 Å². The highest BCUT2D eigenvalue weighted by Crippen LogP contribution is 2.19. The maximum Gasteiger partial charge on any atom is 0.170 e. The standard InChI is InChI=1S/C13H10BrFO2/c1-8-11(4-5-17-8)13(16)7-9-6-10(14)2-3-12(9)15/h2-6H,7H2,1H3. The summed E-state index contributed by atoms with van der Waals surface area (Å²) in [6, 6.07) is 6.16. The summed E-state index contributed by atoms with van der Waals surface area (Å²) < 4.78 is 19.3. The molecule has 0 fully saturated rings. The predicted octanol–water partition coefficient (Wildman–Crippen LogP) is 3.92. The van der Waals surface area contributed by atoms with Gasteiger partial charge in [-0.3, -0.25) is 4.79 Å². The van der Waals surface area contributed by atoms with Gasteiger partial charge in [0.2, 0.25) is 0 Å². The van der Waals surface area contributed by atoms with Gasteiger partial charge in [0, 0.05) is 10.9 Å². The third-order valence-electron chi connectivity index (χ3n) is 2.52. The summed E-state index contributed by atoms with van der Waals surface area (Å²) in [5, 5.41) is 0. The Hall–Kier alpha value is -1.42. The van der Waals surface area contributed by atoms with E-state index in [1.165, 1.54) is 12.3 Å². The molecule has 1 heterocycles. The number of ketones is 1. The van der Waals surface area contributed by atoms with Crippen molar-refractivity contribution in [1.82, 2.24) is 0 Å². The first-order valence-corrected chi connectivity index (χ1v) is 5.88. The summed E-state index contributed by atoms with van der Waals surface area (Å²) in [4.78, 5) is 11.9. The van der Waals surface area contributed by atoms with Gasteiger partial charge in [0.05, 0.1) is 11.8 Å². The molecule has 0 N–H and O–H groups in total. The van der Waals surface area contributed by atoms with Gasteiger partial charge in [-0.15, -0.1) is 0 Å². The first kappa shape index (κ1) is 12.0. The summed E-state index contributed by atoms with van der Waals surface area (Å²) >= 11 is 3.25. The second kappa shape index (κ2) is 4.84. The van der Waals surface area contributed by atoms with Crippen LogP contribution < -0.4 is 0 Å². The molecule has 0 bridgehead atoms. The Balaban J connectivity index is 2.24. The molecule has 2 rings (SSSR count). The molecule has 1 aromatic heterocycles. The summed E-state index contributed by atoms with van der Waals surface area (Å²) in [5.74, 6) is 0.0429. The van der Waals surface area contributed by atoms with Gasteiger partial charge in [-0.2, -0.15) is 0 Å². The van der Waals surface area contributed by atoms with Gasteiger partial charge in [-0.25, -0.2) is 4.39 Å². The van der Waals surface area contributed by atoms with Gasteiger partial charge in [0.25, 0.3) is 0 Å². The van der Waals surface area contributed by atoms with Crippen molar-refractivity contribution < 1.29 is 13.6 Å². The molecule has 0 amide bonds. The van der Waals surface area contributed by atoms with Crippen molar-refractivity contribution in [3.63, 3.8) is 0 Å². The molecule has 88 valence electrons. The van der Waals surface area contributed by atoms with Gasteiger partial charge in [-0.05, 0) is 36.8 Å². The minimum absolute atomic E-state index is 0.0334. The van der Waals surface area contributed by atoms with Crippen molar-refractivity contribution in [3.8, 4) is 0 Å². The predicted molar refractivity (Wildman–Crippen MR) is 65.6 cm³/mol. The lowest BCUT2D eigenvalue weighted by molar-refractivity contribution is 0.0990.